The maximum atomic E-state index is 13.4. The number of aromatic nitrogens is 4. The summed E-state index contributed by atoms with van der Waals surface area (Å²) in [5, 5.41) is 1.25. The van der Waals surface area contributed by atoms with Gasteiger partial charge in [0, 0.05) is 5.02 Å². The largest absolute Gasteiger partial charge is 0.333 e. The molecule has 0 bridgehead atoms. The number of alkyl halides is 2. The summed E-state index contributed by atoms with van der Waals surface area (Å²) < 4.78 is 27.8. The van der Waals surface area contributed by atoms with Gasteiger partial charge in [0.25, 0.3) is 0 Å². The summed E-state index contributed by atoms with van der Waals surface area (Å²) in [5.74, 6) is 0.599. The lowest BCUT2D eigenvalue weighted by Crippen LogP contribution is -2.03. The molecule has 2 aromatic heterocycles. The van der Waals surface area contributed by atoms with Gasteiger partial charge in [-0.25, -0.2) is 9.97 Å². The average Bonchev–Trinajstić information content (AvgIpc) is 3.12. The molecule has 0 unspecified atom stereocenters. The lowest BCUT2D eigenvalue weighted by Gasteiger charge is -2.06. The van der Waals surface area contributed by atoms with Gasteiger partial charge in [-0.15, -0.1) is 0 Å². The number of hydrogen-bond acceptors (Lipinski definition) is 3. The third-order valence-corrected chi connectivity index (χ3v) is 4.73. The van der Waals surface area contributed by atoms with Crippen molar-refractivity contribution in [2.75, 3.05) is 0 Å². The minimum Gasteiger partial charge on any atom is -0.333 e. The second-order valence-electron chi connectivity index (χ2n) is 5.16. The highest BCUT2D eigenvalue weighted by molar-refractivity contribution is 7.98. The zero-order valence-electron chi connectivity index (χ0n) is 12.2. The normalized spacial score (nSPS) is 11.8. The van der Waals surface area contributed by atoms with E-state index in [4.69, 9.17) is 11.6 Å². The molecule has 0 saturated carbocycles. The molecule has 4 nitrogen and oxygen atoms in total. The van der Waals surface area contributed by atoms with Crippen LogP contribution in [-0.2, 0) is 5.75 Å². The van der Waals surface area contributed by atoms with Gasteiger partial charge in [0.2, 0.25) is 0 Å². The van der Waals surface area contributed by atoms with Gasteiger partial charge >= 0.3 is 6.55 Å². The van der Waals surface area contributed by atoms with Crippen LogP contribution in [0.25, 0.3) is 22.1 Å². The van der Waals surface area contributed by atoms with Crippen LogP contribution in [-0.4, -0.2) is 19.5 Å². The number of benzene rings is 2. The fraction of sp³-hybridized carbons (Fsp3) is 0.125. The molecule has 4 aromatic rings. The Balaban J connectivity index is 1.65. The Bertz CT molecular complexity index is 1030. The molecule has 24 heavy (non-hydrogen) atoms. The van der Waals surface area contributed by atoms with Crippen LogP contribution in [0.2, 0.25) is 5.02 Å². The van der Waals surface area contributed by atoms with Gasteiger partial charge < -0.3 is 4.98 Å². The van der Waals surface area contributed by atoms with Gasteiger partial charge in [-0.2, -0.15) is 8.78 Å². The van der Waals surface area contributed by atoms with Gasteiger partial charge in [0.15, 0.2) is 5.16 Å². The first-order valence-electron chi connectivity index (χ1n) is 7.14. The molecule has 0 radical (unpaired) electrons. The molecule has 122 valence electrons. The molecule has 2 aromatic carbocycles. The van der Waals surface area contributed by atoms with Gasteiger partial charge in [-0.3, -0.25) is 4.57 Å². The Morgan fingerprint density at radius 2 is 1.96 bits per heavy atom. The number of hydrogen-bond donors (Lipinski definition) is 1. The molecule has 2 heterocycles. The molecule has 1 N–H and O–H groups in total. The second kappa shape index (κ2) is 6.07. The first-order chi connectivity index (χ1) is 11.6. The van der Waals surface area contributed by atoms with E-state index >= 15 is 0 Å². The second-order valence-corrected chi connectivity index (χ2v) is 6.56. The molecule has 8 heteroatoms. The number of H-pyrrole nitrogens is 1. The highest BCUT2D eigenvalue weighted by atomic mass is 35.5. The zero-order chi connectivity index (χ0) is 16.7. The van der Waals surface area contributed by atoms with Crippen molar-refractivity contribution >= 4 is 45.4 Å². The van der Waals surface area contributed by atoms with Crippen LogP contribution in [0.15, 0.2) is 47.6 Å². The van der Waals surface area contributed by atoms with Crippen molar-refractivity contribution in [3.63, 3.8) is 0 Å². The number of halogens is 3. The van der Waals surface area contributed by atoms with Crippen molar-refractivity contribution in [3.05, 3.63) is 53.3 Å². The Kier molecular flexibility index (Phi) is 3.90. The summed E-state index contributed by atoms with van der Waals surface area (Å²) in [7, 11) is 0. The van der Waals surface area contributed by atoms with Crippen LogP contribution in [0.1, 0.15) is 12.4 Å². The van der Waals surface area contributed by atoms with Crippen molar-refractivity contribution in [3.8, 4) is 0 Å². The standard InChI is InChI=1S/C16H11ClF2N4S/c17-9-5-6-10-12(7-9)22-16(21-10)24-8-14-20-11-3-1-2-4-13(11)23(14)15(18)19/h1-7,15H,8H2,(H,21,22). The summed E-state index contributed by atoms with van der Waals surface area (Å²) in [6, 6.07) is 12.2. The molecule has 0 aliphatic heterocycles. The molecule has 0 spiro atoms. The SMILES string of the molecule is FC(F)n1c(CSc2nc3ccc(Cl)cc3[nH]2)nc2ccccc21. The maximum absolute atomic E-state index is 13.4. The fourth-order valence-corrected chi connectivity index (χ4v) is 3.56. The smallest absolute Gasteiger partial charge is 0.320 e. The molecular formula is C16H11ClF2N4S. The number of imidazole rings is 2. The Morgan fingerprint density at radius 3 is 2.79 bits per heavy atom. The van der Waals surface area contributed by atoms with E-state index in [1.807, 2.05) is 6.07 Å². The van der Waals surface area contributed by atoms with Crippen molar-refractivity contribution in [2.45, 2.75) is 17.5 Å². The molecule has 4 rings (SSSR count). The number of nitrogens with zero attached hydrogens (tertiary/aromatic N) is 3. The highest BCUT2D eigenvalue weighted by Crippen LogP contribution is 2.28. The summed E-state index contributed by atoms with van der Waals surface area (Å²) in [6.45, 7) is -2.64. The maximum Gasteiger partial charge on any atom is 0.320 e. The van der Waals surface area contributed by atoms with E-state index in [-0.39, 0.29) is 5.75 Å². The van der Waals surface area contributed by atoms with Crippen LogP contribution in [0.5, 0.6) is 0 Å². The van der Waals surface area contributed by atoms with E-state index in [1.54, 1.807) is 36.4 Å². The summed E-state index contributed by atoms with van der Waals surface area (Å²) in [4.78, 5) is 11.9. The van der Waals surface area contributed by atoms with Crippen molar-refractivity contribution in [1.29, 1.82) is 0 Å². The van der Waals surface area contributed by atoms with E-state index in [2.05, 4.69) is 15.0 Å². The molecule has 0 amide bonds. The van der Waals surface area contributed by atoms with Gasteiger partial charge in [-0.1, -0.05) is 35.5 Å². The van der Waals surface area contributed by atoms with Crippen LogP contribution < -0.4 is 0 Å². The number of thioether (sulfide) groups is 1. The molecule has 0 atom stereocenters. The van der Waals surface area contributed by atoms with Gasteiger partial charge in [-0.05, 0) is 30.3 Å². The van der Waals surface area contributed by atoms with Crippen LogP contribution in [0, 0.1) is 0 Å². The average molecular weight is 365 g/mol. The predicted molar refractivity (Wildman–Crippen MR) is 91.7 cm³/mol. The first-order valence-corrected chi connectivity index (χ1v) is 8.50. The summed E-state index contributed by atoms with van der Waals surface area (Å²) in [6.07, 6.45) is 0. The topological polar surface area (TPSA) is 46.5 Å². The number of para-hydroxylation sites is 2. The molecule has 0 aliphatic rings. The summed E-state index contributed by atoms with van der Waals surface area (Å²) in [5.41, 5.74) is 2.58. The van der Waals surface area contributed by atoms with Gasteiger partial charge in [0.1, 0.15) is 5.82 Å². The van der Waals surface area contributed by atoms with Crippen LogP contribution in [0.3, 0.4) is 0 Å². The zero-order valence-corrected chi connectivity index (χ0v) is 13.8. The molecular weight excluding hydrogens is 354 g/mol. The first kappa shape index (κ1) is 15.4. The fourth-order valence-electron chi connectivity index (χ4n) is 2.57. The Hall–Kier alpha value is -2.12. The third-order valence-electron chi connectivity index (χ3n) is 3.62. The van der Waals surface area contributed by atoms with Crippen molar-refractivity contribution in [2.24, 2.45) is 0 Å². The summed E-state index contributed by atoms with van der Waals surface area (Å²) >= 11 is 7.28. The van der Waals surface area contributed by atoms with Crippen molar-refractivity contribution < 1.29 is 8.78 Å². The quantitative estimate of drug-likeness (QED) is 0.503. The number of nitrogens with one attached hydrogen (secondary N) is 1. The monoisotopic (exact) mass is 364 g/mol. The van der Waals surface area contributed by atoms with E-state index in [0.717, 1.165) is 15.6 Å². The van der Waals surface area contributed by atoms with Crippen LogP contribution in [0.4, 0.5) is 8.78 Å². The Labute approximate surface area is 144 Å². The van der Waals surface area contributed by atoms with E-state index in [0.29, 0.717) is 27.0 Å². The minimum absolute atomic E-state index is 0.284. The van der Waals surface area contributed by atoms with E-state index in [9.17, 15) is 8.78 Å². The molecule has 0 saturated heterocycles. The third kappa shape index (κ3) is 2.74. The van der Waals surface area contributed by atoms with Gasteiger partial charge in [0.05, 0.1) is 27.8 Å². The minimum atomic E-state index is -2.64. The molecule has 0 fully saturated rings. The lowest BCUT2D eigenvalue weighted by molar-refractivity contribution is 0.0722. The van der Waals surface area contributed by atoms with E-state index in [1.165, 1.54) is 11.8 Å². The van der Waals surface area contributed by atoms with Crippen molar-refractivity contribution in [1.82, 2.24) is 19.5 Å². The lowest BCUT2D eigenvalue weighted by atomic mass is 10.3. The number of rotatable bonds is 4. The van der Waals surface area contributed by atoms with E-state index < -0.39 is 6.55 Å². The Morgan fingerprint density at radius 1 is 1.12 bits per heavy atom. The van der Waals surface area contributed by atoms with Crippen LogP contribution >= 0.6 is 23.4 Å². The highest BCUT2D eigenvalue weighted by Gasteiger charge is 2.18. The number of aromatic amines is 1. The predicted octanol–water partition coefficient (Wildman–Crippen LogP) is 5.25. The number of fused-ring (bicyclic) bond motifs is 2. The molecule has 0 aliphatic carbocycles.